The first-order chi connectivity index (χ1) is 8.49. The van der Waals surface area contributed by atoms with Crippen LogP contribution in [0.5, 0.6) is 0 Å². The van der Waals surface area contributed by atoms with Crippen LogP contribution in [0.15, 0.2) is 21.3 Å². The number of benzene rings is 1. The van der Waals surface area contributed by atoms with Crippen LogP contribution in [0.1, 0.15) is 26.3 Å². The Balaban J connectivity index is 0.000000771. The lowest BCUT2D eigenvalue weighted by Gasteiger charge is -2.03. The summed E-state index contributed by atoms with van der Waals surface area (Å²) in [6.45, 7) is 6.90. The predicted molar refractivity (Wildman–Crippen MR) is 67.1 cm³/mol. The minimum Gasteiger partial charge on any atom is -0.405 e. The Hall–Kier alpha value is -1.65. The van der Waals surface area contributed by atoms with Gasteiger partial charge in [0.2, 0.25) is 0 Å². The van der Waals surface area contributed by atoms with E-state index >= 15 is 0 Å². The van der Waals surface area contributed by atoms with Gasteiger partial charge in [-0.3, -0.25) is 4.57 Å². The molecule has 0 aliphatic rings. The fourth-order valence-electron chi connectivity index (χ4n) is 1.68. The Labute approximate surface area is 104 Å². The first-order valence-electron chi connectivity index (χ1n) is 5.92. The third-order valence-corrected chi connectivity index (χ3v) is 2.30. The van der Waals surface area contributed by atoms with Gasteiger partial charge >= 0.3 is 5.76 Å². The smallest absolute Gasteiger partial charge is 0.405 e. The first kappa shape index (κ1) is 14.4. The van der Waals surface area contributed by atoms with E-state index in [0.29, 0.717) is 11.1 Å². The zero-order chi connectivity index (χ0) is 13.9. The van der Waals surface area contributed by atoms with E-state index in [1.54, 1.807) is 13.0 Å². The second-order valence-electron chi connectivity index (χ2n) is 3.85. The highest BCUT2D eigenvalue weighted by Gasteiger charge is 2.15. The van der Waals surface area contributed by atoms with Crippen LogP contribution in [0.25, 0.3) is 11.1 Å². The van der Waals surface area contributed by atoms with E-state index in [9.17, 15) is 13.6 Å². The molecular weight excluding hydrogens is 240 g/mol. The molecule has 0 radical (unpaired) electrons. The fraction of sp³-hybridized carbons (Fsp3) is 0.462. The largest absolute Gasteiger partial charge is 0.420 e. The number of alkyl halides is 1. The summed E-state index contributed by atoms with van der Waals surface area (Å²) in [7, 11) is 0. The van der Waals surface area contributed by atoms with Crippen molar-refractivity contribution in [1.29, 1.82) is 0 Å². The molecule has 0 saturated heterocycles. The Kier molecular flexibility index (Phi) is 4.64. The molecule has 3 nitrogen and oxygen atoms in total. The van der Waals surface area contributed by atoms with Crippen molar-refractivity contribution in [3.8, 4) is 0 Å². The lowest BCUT2D eigenvalue weighted by Crippen LogP contribution is -2.19. The SMILES string of the molecule is CC.Cc1cc(F)c2oc(=O)n(CC(C)F)c2c1. The molecule has 0 spiro atoms. The third-order valence-electron chi connectivity index (χ3n) is 2.30. The molecule has 0 fully saturated rings. The van der Waals surface area contributed by atoms with Crippen molar-refractivity contribution in [2.45, 2.75) is 40.4 Å². The molecule has 1 heterocycles. The van der Waals surface area contributed by atoms with Crippen molar-refractivity contribution < 1.29 is 13.2 Å². The summed E-state index contributed by atoms with van der Waals surface area (Å²) in [6, 6.07) is 2.88. The van der Waals surface area contributed by atoms with Gasteiger partial charge in [0.05, 0.1) is 12.1 Å². The number of nitrogens with zero attached hydrogens (tertiary/aromatic N) is 1. The topological polar surface area (TPSA) is 35.1 Å². The summed E-state index contributed by atoms with van der Waals surface area (Å²) in [6.07, 6.45) is -1.19. The number of fused-ring (bicyclic) bond motifs is 1. The number of aromatic nitrogens is 1. The molecule has 0 aliphatic carbocycles. The Morgan fingerprint density at radius 2 is 2.00 bits per heavy atom. The van der Waals surface area contributed by atoms with Crippen LogP contribution >= 0.6 is 0 Å². The average Bonchev–Trinajstić information content (AvgIpc) is 2.59. The van der Waals surface area contributed by atoms with Crippen molar-refractivity contribution in [1.82, 2.24) is 4.57 Å². The van der Waals surface area contributed by atoms with E-state index in [0.717, 1.165) is 4.57 Å². The molecule has 1 atom stereocenters. The van der Waals surface area contributed by atoms with Crippen molar-refractivity contribution in [2.75, 3.05) is 0 Å². The predicted octanol–water partition coefficient (Wildman–Crippen LogP) is 3.43. The van der Waals surface area contributed by atoms with E-state index in [-0.39, 0.29) is 12.1 Å². The molecule has 0 aliphatic heterocycles. The maximum Gasteiger partial charge on any atom is 0.420 e. The Morgan fingerprint density at radius 1 is 1.39 bits per heavy atom. The maximum atomic E-state index is 13.4. The molecule has 1 aromatic heterocycles. The van der Waals surface area contributed by atoms with Crippen molar-refractivity contribution in [2.24, 2.45) is 0 Å². The first-order valence-corrected chi connectivity index (χ1v) is 5.92. The van der Waals surface area contributed by atoms with Crippen LogP contribution in [-0.2, 0) is 6.54 Å². The lowest BCUT2D eigenvalue weighted by molar-refractivity contribution is 0.313. The van der Waals surface area contributed by atoms with Crippen LogP contribution in [0.4, 0.5) is 8.78 Å². The molecule has 1 aromatic carbocycles. The zero-order valence-electron chi connectivity index (χ0n) is 11.0. The fourth-order valence-corrected chi connectivity index (χ4v) is 1.68. The highest BCUT2D eigenvalue weighted by molar-refractivity contribution is 5.74. The molecule has 5 heteroatoms. The molecule has 0 saturated carbocycles. The van der Waals surface area contributed by atoms with E-state index < -0.39 is 17.7 Å². The summed E-state index contributed by atoms with van der Waals surface area (Å²) in [4.78, 5) is 11.4. The Morgan fingerprint density at radius 3 is 2.56 bits per heavy atom. The van der Waals surface area contributed by atoms with Crippen LogP contribution in [-0.4, -0.2) is 10.7 Å². The van der Waals surface area contributed by atoms with Crippen LogP contribution in [0.3, 0.4) is 0 Å². The van der Waals surface area contributed by atoms with Gasteiger partial charge in [-0.2, -0.15) is 0 Å². The monoisotopic (exact) mass is 257 g/mol. The molecule has 2 aromatic rings. The standard InChI is InChI=1S/C11H11F2NO2.C2H6/c1-6-3-8(13)10-9(4-6)14(5-7(2)12)11(15)16-10;1-2/h3-4,7H,5H2,1-2H3;1-2H3. The molecule has 0 N–H and O–H groups in total. The van der Waals surface area contributed by atoms with Crippen molar-refractivity contribution in [3.05, 3.63) is 34.1 Å². The second-order valence-corrected chi connectivity index (χ2v) is 3.85. The molecule has 100 valence electrons. The van der Waals surface area contributed by atoms with Gasteiger partial charge in [0.25, 0.3) is 0 Å². The number of hydrogen-bond donors (Lipinski definition) is 0. The number of aryl methyl sites for hydroxylation is 1. The summed E-state index contributed by atoms with van der Waals surface area (Å²) in [5.74, 6) is -1.33. The molecular formula is C13H17F2NO2. The third kappa shape index (κ3) is 2.78. The van der Waals surface area contributed by atoms with Crippen LogP contribution < -0.4 is 5.76 Å². The maximum absolute atomic E-state index is 13.4. The van der Waals surface area contributed by atoms with Crippen molar-refractivity contribution in [3.63, 3.8) is 0 Å². The van der Waals surface area contributed by atoms with E-state index in [1.165, 1.54) is 13.0 Å². The van der Waals surface area contributed by atoms with E-state index in [1.807, 2.05) is 13.8 Å². The zero-order valence-corrected chi connectivity index (χ0v) is 11.0. The van der Waals surface area contributed by atoms with Gasteiger partial charge in [0.15, 0.2) is 11.4 Å². The number of halogens is 2. The lowest BCUT2D eigenvalue weighted by atomic mass is 10.2. The highest BCUT2D eigenvalue weighted by Crippen LogP contribution is 2.19. The van der Waals surface area contributed by atoms with E-state index in [2.05, 4.69) is 0 Å². The normalized spacial score (nSPS) is 12.1. The summed E-state index contributed by atoms with van der Waals surface area (Å²) < 4.78 is 32.2. The van der Waals surface area contributed by atoms with Crippen LogP contribution in [0.2, 0.25) is 0 Å². The number of hydrogen-bond acceptors (Lipinski definition) is 2. The summed E-state index contributed by atoms with van der Waals surface area (Å²) >= 11 is 0. The highest BCUT2D eigenvalue weighted by atomic mass is 19.1. The van der Waals surface area contributed by atoms with E-state index in [4.69, 9.17) is 4.42 Å². The molecule has 0 bridgehead atoms. The van der Waals surface area contributed by atoms with Gasteiger partial charge in [-0.05, 0) is 31.5 Å². The minimum absolute atomic E-state index is 0.115. The number of oxazole rings is 1. The van der Waals surface area contributed by atoms with Gasteiger partial charge in [0.1, 0.15) is 6.17 Å². The molecule has 1 unspecified atom stereocenters. The number of rotatable bonds is 2. The van der Waals surface area contributed by atoms with Gasteiger partial charge in [0, 0.05) is 0 Å². The van der Waals surface area contributed by atoms with Gasteiger partial charge in [-0.25, -0.2) is 13.6 Å². The average molecular weight is 257 g/mol. The van der Waals surface area contributed by atoms with Gasteiger partial charge in [-0.15, -0.1) is 0 Å². The second kappa shape index (κ2) is 5.80. The van der Waals surface area contributed by atoms with Gasteiger partial charge < -0.3 is 4.42 Å². The molecule has 0 amide bonds. The Bertz CT molecular complexity index is 584. The summed E-state index contributed by atoms with van der Waals surface area (Å²) in [5, 5.41) is 0. The van der Waals surface area contributed by atoms with Crippen molar-refractivity contribution >= 4 is 11.1 Å². The minimum atomic E-state index is -1.19. The molecule has 18 heavy (non-hydrogen) atoms. The quantitative estimate of drug-likeness (QED) is 0.826. The van der Waals surface area contributed by atoms with Crippen LogP contribution in [0, 0.1) is 12.7 Å². The molecule has 2 rings (SSSR count). The summed E-state index contributed by atoms with van der Waals surface area (Å²) in [5.41, 5.74) is 0.842. The van der Waals surface area contributed by atoms with Gasteiger partial charge in [-0.1, -0.05) is 13.8 Å².